The number of benzene rings is 2. The molecule has 0 aromatic heterocycles. The number of hydrogen-bond acceptors (Lipinski definition) is 3. The van der Waals surface area contributed by atoms with Crippen molar-refractivity contribution in [3.63, 3.8) is 0 Å². The summed E-state index contributed by atoms with van der Waals surface area (Å²) in [5, 5.41) is 2.97. The van der Waals surface area contributed by atoms with E-state index in [1.807, 2.05) is 68.4 Å². The number of rotatable bonds is 6. The molecule has 2 aromatic carbocycles. The fourth-order valence-corrected chi connectivity index (χ4v) is 3.35. The molecule has 1 aliphatic rings. The molecule has 5 heteroatoms. The van der Waals surface area contributed by atoms with Crippen molar-refractivity contribution in [1.29, 1.82) is 0 Å². The van der Waals surface area contributed by atoms with Gasteiger partial charge in [-0.25, -0.2) is 4.79 Å². The Hall–Kier alpha value is -3.34. The van der Waals surface area contributed by atoms with Gasteiger partial charge in [-0.15, -0.1) is 0 Å². The number of ether oxygens (including phenoxy) is 1. The third-order valence-corrected chi connectivity index (χ3v) is 4.85. The van der Waals surface area contributed by atoms with Gasteiger partial charge in [-0.3, -0.25) is 9.69 Å². The number of amides is 2. The van der Waals surface area contributed by atoms with E-state index in [4.69, 9.17) is 4.74 Å². The zero-order chi connectivity index (χ0) is 20.1. The van der Waals surface area contributed by atoms with Gasteiger partial charge in [-0.05, 0) is 43.2 Å². The molecule has 3 rings (SSSR count). The molecule has 0 radical (unpaired) electrons. The number of carbonyl (C=O) groups is 2. The van der Waals surface area contributed by atoms with Gasteiger partial charge in [-0.1, -0.05) is 48.5 Å². The van der Waals surface area contributed by atoms with Crippen LogP contribution in [0.25, 0.3) is 6.08 Å². The summed E-state index contributed by atoms with van der Waals surface area (Å²) in [5.74, 6) is 0.639. The highest BCUT2D eigenvalue weighted by molar-refractivity contribution is 6.09. The molecule has 0 bridgehead atoms. The minimum atomic E-state index is -0.468. The van der Waals surface area contributed by atoms with Gasteiger partial charge >= 0.3 is 6.03 Å². The summed E-state index contributed by atoms with van der Waals surface area (Å²) in [6.07, 6.45) is 3.33. The first-order valence-electron chi connectivity index (χ1n) is 9.25. The molecule has 144 valence electrons. The van der Waals surface area contributed by atoms with Crippen LogP contribution in [0.15, 0.2) is 71.9 Å². The van der Waals surface area contributed by atoms with Crippen LogP contribution in [0.4, 0.5) is 4.79 Å². The van der Waals surface area contributed by atoms with Gasteiger partial charge in [-0.2, -0.15) is 0 Å². The molecule has 28 heavy (non-hydrogen) atoms. The zero-order valence-electron chi connectivity index (χ0n) is 16.3. The average Bonchev–Trinajstić information content (AvgIpc) is 2.73. The highest BCUT2D eigenvalue weighted by Crippen LogP contribution is 2.31. The van der Waals surface area contributed by atoms with Crippen LogP contribution in [0.3, 0.4) is 0 Å². The molecule has 1 aliphatic heterocycles. The summed E-state index contributed by atoms with van der Waals surface area (Å²) in [7, 11) is 1.62. The van der Waals surface area contributed by atoms with Crippen molar-refractivity contribution in [3.05, 3.63) is 83.1 Å². The number of methoxy groups -OCH3 is 1. The molecule has 1 heterocycles. The number of hydrogen-bond donors (Lipinski definition) is 1. The molecule has 1 unspecified atom stereocenters. The summed E-state index contributed by atoms with van der Waals surface area (Å²) in [6, 6.07) is 16.4. The van der Waals surface area contributed by atoms with Crippen molar-refractivity contribution < 1.29 is 14.3 Å². The van der Waals surface area contributed by atoms with Crippen LogP contribution in [0, 0.1) is 0 Å². The van der Waals surface area contributed by atoms with E-state index in [0.29, 0.717) is 17.8 Å². The standard InChI is InChI=1S/C23H24N2O3/c1-4-25-16(2)21(22(24-23(25)27)18-8-6-5-7-9-18)20(26)15-12-17-10-13-19(28-3)14-11-17/h5-15,22H,4H2,1-3H3,(H,24,27). The number of carbonyl (C=O) groups excluding carboxylic acids is 2. The lowest BCUT2D eigenvalue weighted by atomic mass is 9.91. The second kappa shape index (κ2) is 8.57. The fraction of sp³-hybridized carbons (Fsp3) is 0.217. The Kier molecular flexibility index (Phi) is 5.94. The van der Waals surface area contributed by atoms with Gasteiger partial charge in [0, 0.05) is 17.8 Å². The Morgan fingerprint density at radius 3 is 2.43 bits per heavy atom. The van der Waals surface area contributed by atoms with Crippen LogP contribution in [0.2, 0.25) is 0 Å². The van der Waals surface area contributed by atoms with Gasteiger partial charge in [0.25, 0.3) is 0 Å². The van der Waals surface area contributed by atoms with Gasteiger partial charge in [0.15, 0.2) is 5.78 Å². The van der Waals surface area contributed by atoms with Crippen LogP contribution < -0.4 is 10.1 Å². The molecule has 0 fully saturated rings. The molecular weight excluding hydrogens is 352 g/mol. The van der Waals surface area contributed by atoms with E-state index in [1.54, 1.807) is 24.2 Å². The first kappa shape index (κ1) is 19.4. The lowest BCUT2D eigenvalue weighted by Crippen LogP contribution is -2.47. The molecule has 2 amide bonds. The number of urea groups is 1. The molecule has 0 aliphatic carbocycles. The Bertz CT molecular complexity index is 915. The second-order valence-corrected chi connectivity index (χ2v) is 6.51. The lowest BCUT2D eigenvalue weighted by Gasteiger charge is -2.35. The van der Waals surface area contributed by atoms with E-state index in [2.05, 4.69) is 5.32 Å². The van der Waals surface area contributed by atoms with Crippen LogP contribution in [-0.4, -0.2) is 30.4 Å². The lowest BCUT2D eigenvalue weighted by molar-refractivity contribution is -0.111. The second-order valence-electron chi connectivity index (χ2n) is 6.51. The Balaban J connectivity index is 1.95. The number of nitrogens with zero attached hydrogens (tertiary/aromatic N) is 1. The van der Waals surface area contributed by atoms with E-state index in [9.17, 15) is 9.59 Å². The summed E-state index contributed by atoms with van der Waals surface area (Å²) in [5.41, 5.74) is 3.05. The Morgan fingerprint density at radius 1 is 1.14 bits per heavy atom. The zero-order valence-corrected chi connectivity index (χ0v) is 16.3. The molecule has 1 atom stereocenters. The van der Waals surface area contributed by atoms with Gasteiger partial charge in [0.2, 0.25) is 0 Å². The highest BCUT2D eigenvalue weighted by atomic mass is 16.5. The van der Waals surface area contributed by atoms with E-state index in [-0.39, 0.29) is 11.8 Å². The third kappa shape index (κ3) is 3.98. The van der Waals surface area contributed by atoms with E-state index < -0.39 is 6.04 Å². The normalized spacial score (nSPS) is 17.0. The molecular formula is C23H24N2O3. The van der Waals surface area contributed by atoms with Crippen molar-refractivity contribution in [2.75, 3.05) is 13.7 Å². The largest absolute Gasteiger partial charge is 0.497 e. The van der Waals surface area contributed by atoms with Gasteiger partial charge in [0.1, 0.15) is 5.75 Å². The van der Waals surface area contributed by atoms with E-state index in [1.165, 1.54) is 0 Å². The predicted octanol–water partition coefficient (Wildman–Crippen LogP) is 4.34. The summed E-state index contributed by atoms with van der Waals surface area (Å²) >= 11 is 0. The van der Waals surface area contributed by atoms with Crippen molar-refractivity contribution >= 4 is 17.9 Å². The Labute approximate surface area is 165 Å². The third-order valence-electron chi connectivity index (χ3n) is 4.85. The predicted molar refractivity (Wildman–Crippen MR) is 110 cm³/mol. The first-order chi connectivity index (χ1) is 13.5. The maximum atomic E-state index is 13.1. The van der Waals surface area contributed by atoms with Gasteiger partial charge in [0.05, 0.1) is 13.2 Å². The smallest absolute Gasteiger partial charge is 0.322 e. The summed E-state index contributed by atoms with van der Waals surface area (Å²) < 4.78 is 5.16. The van der Waals surface area contributed by atoms with Crippen molar-refractivity contribution in [2.24, 2.45) is 0 Å². The minimum absolute atomic E-state index is 0.124. The van der Waals surface area contributed by atoms with E-state index >= 15 is 0 Å². The highest BCUT2D eigenvalue weighted by Gasteiger charge is 2.33. The van der Waals surface area contributed by atoms with Crippen molar-refractivity contribution in [3.8, 4) is 5.75 Å². The van der Waals surface area contributed by atoms with E-state index in [0.717, 1.165) is 16.9 Å². The molecule has 0 saturated carbocycles. The topological polar surface area (TPSA) is 58.6 Å². The van der Waals surface area contributed by atoms with Crippen LogP contribution in [0.5, 0.6) is 5.75 Å². The van der Waals surface area contributed by atoms with Crippen molar-refractivity contribution in [2.45, 2.75) is 19.9 Å². The molecule has 0 saturated heterocycles. The van der Waals surface area contributed by atoms with Gasteiger partial charge < -0.3 is 10.1 Å². The summed E-state index contributed by atoms with van der Waals surface area (Å²) in [6.45, 7) is 4.21. The average molecular weight is 376 g/mol. The molecule has 1 N–H and O–H groups in total. The van der Waals surface area contributed by atoms with Crippen LogP contribution >= 0.6 is 0 Å². The Morgan fingerprint density at radius 2 is 1.82 bits per heavy atom. The molecule has 0 spiro atoms. The summed E-state index contributed by atoms with van der Waals surface area (Å²) in [4.78, 5) is 27.2. The van der Waals surface area contributed by atoms with Crippen molar-refractivity contribution in [1.82, 2.24) is 10.2 Å². The fourth-order valence-electron chi connectivity index (χ4n) is 3.35. The molecule has 2 aromatic rings. The maximum Gasteiger partial charge on any atom is 0.322 e. The van der Waals surface area contributed by atoms with Crippen LogP contribution in [0.1, 0.15) is 31.0 Å². The monoisotopic (exact) mass is 376 g/mol. The number of allylic oxidation sites excluding steroid dienone is 2. The number of ketones is 1. The SMILES string of the molecule is CCN1C(=O)NC(c2ccccc2)C(C(=O)C=Cc2ccc(OC)cc2)=C1C. The van der Waals surface area contributed by atoms with Crippen LogP contribution in [-0.2, 0) is 4.79 Å². The quantitative estimate of drug-likeness (QED) is 0.763. The molecule has 5 nitrogen and oxygen atoms in total. The number of nitrogens with one attached hydrogen (secondary N) is 1. The minimum Gasteiger partial charge on any atom is -0.497 e. The maximum absolute atomic E-state index is 13.1. The first-order valence-corrected chi connectivity index (χ1v) is 9.25.